The van der Waals surface area contributed by atoms with Gasteiger partial charge in [-0.25, -0.2) is 4.98 Å². The summed E-state index contributed by atoms with van der Waals surface area (Å²) in [5, 5.41) is 12.2. The minimum absolute atomic E-state index is 0.0493. The molecular formula is C23H30N4O3. The van der Waals surface area contributed by atoms with Crippen LogP contribution in [0.3, 0.4) is 0 Å². The summed E-state index contributed by atoms with van der Waals surface area (Å²) < 4.78 is 1.82. The fourth-order valence-electron chi connectivity index (χ4n) is 6.75. The number of carbonyl (C=O) groups is 2. The summed E-state index contributed by atoms with van der Waals surface area (Å²) in [6.45, 7) is 1.14. The number of nitrogens with one attached hydrogen (secondary N) is 1. The minimum Gasteiger partial charge on any atom is -0.480 e. The third-order valence-corrected chi connectivity index (χ3v) is 7.40. The fraction of sp³-hybridized carbons (Fsp3) is 0.609. The van der Waals surface area contributed by atoms with Gasteiger partial charge in [-0.05, 0) is 80.9 Å². The van der Waals surface area contributed by atoms with Crippen molar-refractivity contribution in [2.75, 3.05) is 20.1 Å². The average molecular weight is 411 g/mol. The Morgan fingerprint density at radius 1 is 1.20 bits per heavy atom. The molecule has 2 heterocycles. The van der Waals surface area contributed by atoms with Crippen molar-refractivity contribution in [3.63, 3.8) is 0 Å². The Bertz CT molecular complexity index is 947. The molecule has 0 aromatic carbocycles. The Morgan fingerprint density at radius 2 is 1.87 bits per heavy atom. The molecule has 7 heteroatoms. The lowest BCUT2D eigenvalue weighted by Gasteiger charge is -2.56. The zero-order valence-electron chi connectivity index (χ0n) is 17.5. The number of likely N-dealkylation sites (N-methyl/N-ethyl adjacent to an activating group) is 1. The number of amides is 1. The van der Waals surface area contributed by atoms with Gasteiger partial charge in [-0.2, -0.15) is 0 Å². The molecule has 2 aromatic heterocycles. The summed E-state index contributed by atoms with van der Waals surface area (Å²) in [7, 11) is 1.75. The van der Waals surface area contributed by atoms with Crippen LogP contribution in [-0.4, -0.2) is 51.4 Å². The summed E-state index contributed by atoms with van der Waals surface area (Å²) in [5.74, 6) is 1.69. The molecule has 4 bridgehead atoms. The molecule has 0 aliphatic heterocycles. The van der Waals surface area contributed by atoms with Gasteiger partial charge in [0.15, 0.2) is 0 Å². The van der Waals surface area contributed by atoms with Crippen LogP contribution in [0.25, 0.3) is 5.65 Å². The average Bonchev–Trinajstić information content (AvgIpc) is 3.06. The highest BCUT2D eigenvalue weighted by atomic mass is 16.4. The van der Waals surface area contributed by atoms with Crippen molar-refractivity contribution in [1.29, 1.82) is 0 Å². The Hall–Kier alpha value is -2.41. The van der Waals surface area contributed by atoms with Crippen LogP contribution >= 0.6 is 0 Å². The minimum atomic E-state index is -0.869. The molecule has 0 radical (unpaired) electrons. The third-order valence-electron chi connectivity index (χ3n) is 7.40. The van der Waals surface area contributed by atoms with E-state index in [4.69, 9.17) is 5.11 Å². The maximum Gasteiger partial charge on any atom is 0.317 e. The molecule has 6 rings (SSSR count). The van der Waals surface area contributed by atoms with Gasteiger partial charge in [0.25, 0.3) is 5.91 Å². The number of imidazole rings is 1. The van der Waals surface area contributed by atoms with Crippen molar-refractivity contribution in [2.45, 2.75) is 45.1 Å². The van der Waals surface area contributed by atoms with Crippen molar-refractivity contribution < 1.29 is 14.7 Å². The number of pyridine rings is 1. The molecule has 0 saturated heterocycles. The molecule has 4 aliphatic carbocycles. The topological polar surface area (TPSA) is 86.9 Å². The van der Waals surface area contributed by atoms with Gasteiger partial charge in [-0.15, -0.1) is 0 Å². The summed E-state index contributed by atoms with van der Waals surface area (Å²) in [4.78, 5) is 30.2. The molecule has 0 spiro atoms. The molecule has 1 amide bonds. The highest BCUT2D eigenvalue weighted by molar-refractivity contribution is 5.93. The summed E-state index contributed by atoms with van der Waals surface area (Å²) in [5.41, 5.74) is 2.34. The van der Waals surface area contributed by atoms with E-state index >= 15 is 0 Å². The monoisotopic (exact) mass is 410 g/mol. The number of hydrogen-bond donors (Lipinski definition) is 2. The van der Waals surface area contributed by atoms with E-state index in [0.717, 1.165) is 30.0 Å². The van der Waals surface area contributed by atoms with E-state index < -0.39 is 5.97 Å². The van der Waals surface area contributed by atoms with Crippen LogP contribution < -0.4 is 5.32 Å². The smallest absolute Gasteiger partial charge is 0.317 e. The largest absolute Gasteiger partial charge is 0.480 e. The number of carboxylic acids is 1. The SMILES string of the molecule is CN(CC(=O)O)Cc1cn2c(C(=O)NCC34CC5CC(CC(C5)C3)C4)cccc2n1. The van der Waals surface area contributed by atoms with E-state index in [9.17, 15) is 9.59 Å². The second-order valence-electron chi connectivity index (χ2n) is 10.0. The fourth-order valence-corrected chi connectivity index (χ4v) is 6.75. The van der Waals surface area contributed by atoms with E-state index in [1.807, 2.05) is 28.8 Å². The van der Waals surface area contributed by atoms with Crippen LogP contribution in [0, 0.1) is 23.2 Å². The summed E-state index contributed by atoms with van der Waals surface area (Å²) in [6.07, 6.45) is 9.87. The molecule has 4 aliphatic rings. The number of carbonyl (C=O) groups excluding carboxylic acids is 1. The molecule has 30 heavy (non-hydrogen) atoms. The van der Waals surface area contributed by atoms with Crippen LogP contribution in [0.1, 0.15) is 54.7 Å². The summed E-state index contributed by atoms with van der Waals surface area (Å²) in [6, 6.07) is 5.55. The van der Waals surface area contributed by atoms with Crippen molar-refractivity contribution in [3.8, 4) is 0 Å². The first-order valence-corrected chi connectivity index (χ1v) is 11.0. The molecule has 4 fully saturated rings. The zero-order valence-corrected chi connectivity index (χ0v) is 17.5. The van der Waals surface area contributed by atoms with Crippen LogP contribution in [-0.2, 0) is 11.3 Å². The predicted octanol–water partition coefficient (Wildman–Crippen LogP) is 2.80. The summed E-state index contributed by atoms with van der Waals surface area (Å²) >= 11 is 0. The molecule has 2 aromatic rings. The standard InChI is InChI=1S/C23H30N4O3/c1-26(13-21(28)29)11-18-12-27-19(3-2-4-20(27)25-18)22(30)24-14-23-8-15-5-16(9-23)7-17(6-15)10-23/h2-4,12,15-17H,5-11,13-14H2,1H3,(H,24,30)(H,28,29). The maximum absolute atomic E-state index is 13.1. The maximum atomic E-state index is 13.1. The van der Waals surface area contributed by atoms with Crippen molar-refractivity contribution in [1.82, 2.24) is 19.6 Å². The number of nitrogens with zero attached hydrogens (tertiary/aromatic N) is 3. The van der Waals surface area contributed by atoms with E-state index in [-0.39, 0.29) is 12.5 Å². The third kappa shape index (κ3) is 3.71. The van der Waals surface area contributed by atoms with E-state index in [2.05, 4.69) is 10.3 Å². The first-order chi connectivity index (χ1) is 14.4. The van der Waals surface area contributed by atoms with Gasteiger partial charge in [0.05, 0.1) is 12.2 Å². The first-order valence-electron chi connectivity index (χ1n) is 11.0. The Labute approximate surface area is 176 Å². The van der Waals surface area contributed by atoms with Crippen LogP contribution in [0.15, 0.2) is 24.4 Å². The van der Waals surface area contributed by atoms with E-state index in [0.29, 0.717) is 23.3 Å². The number of hydrogen-bond acceptors (Lipinski definition) is 4. The molecule has 160 valence electrons. The highest BCUT2D eigenvalue weighted by Gasteiger charge is 2.50. The normalized spacial score (nSPS) is 29.6. The van der Waals surface area contributed by atoms with Crippen molar-refractivity contribution >= 4 is 17.5 Å². The zero-order chi connectivity index (χ0) is 20.9. The Balaban J connectivity index is 1.29. The first kappa shape index (κ1) is 19.5. The van der Waals surface area contributed by atoms with Gasteiger partial charge < -0.3 is 10.4 Å². The second-order valence-corrected chi connectivity index (χ2v) is 10.0. The second kappa shape index (κ2) is 7.38. The van der Waals surface area contributed by atoms with Crippen LogP contribution in [0.5, 0.6) is 0 Å². The number of aromatic nitrogens is 2. The van der Waals surface area contributed by atoms with E-state index in [1.54, 1.807) is 11.9 Å². The quantitative estimate of drug-likeness (QED) is 0.733. The van der Waals surface area contributed by atoms with Crippen LogP contribution in [0.4, 0.5) is 0 Å². The van der Waals surface area contributed by atoms with Gasteiger partial charge in [-0.1, -0.05) is 6.07 Å². The lowest BCUT2D eigenvalue weighted by molar-refractivity contribution is -0.138. The molecule has 2 N–H and O–H groups in total. The number of carboxylic acid groups (broad SMARTS) is 1. The molecule has 0 atom stereocenters. The van der Waals surface area contributed by atoms with Gasteiger partial charge in [0.1, 0.15) is 11.3 Å². The van der Waals surface area contributed by atoms with Gasteiger partial charge >= 0.3 is 5.97 Å². The number of fused-ring (bicyclic) bond motifs is 1. The van der Waals surface area contributed by atoms with Gasteiger partial charge in [0.2, 0.25) is 0 Å². The van der Waals surface area contributed by atoms with Gasteiger partial charge in [0, 0.05) is 19.3 Å². The Morgan fingerprint density at radius 3 is 2.50 bits per heavy atom. The van der Waals surface area contributed by atoms with Crippen molar-refractivity contribution in [2.24, 2.45) is 23.2 Å². The molecular weight excluding hydrogens is 380 g/mol. The number of rotatable bonds is 7. The van der Waals surface area contributed by atoms with Gasteiger partial charge in [-0.3, -0.25) is 18.9 Å². The lowest BCUT2D eigenvalue weighted by Crippen LogP contribution is -2.51. The Kier molecular flexibility index (Phi) is 4.81. The molecule has 7 nitrogen and oxygen atoms in total. The molecule has 4 saturated carbocycles. The predicted molar refractivity (Wildman–Crippen MR) is 112 cm³/mol. The lowest BCUT2D eigenvalue weighted by atomic mass is 9.49. The number of aliphatic carboxylic acids is 1. The van der Waals surface area contributed by atoms with Crippen LogP contribution in [0.2, 0.25) is 0 Å². The highest BCUT2D eigenvalue weighted by Crippen LogP contribution is 2.59. The van der Waals surface area contributed by atoms with Crippen molar-refractivity contribution in [3.05, 3.63) is 35.8 Å². The van der Waals surface area contributed by atoms with E-state index in [1.165, 1.54) is 38.5 Å². The molecule has 0 unspecified atom stereocenters.